The van der Waals surface area contributed by atoms with E-state index >= 15 is 0 Å². The lowest BCUT2D eigenvalue weighted by Crippen LogP contribution is -2.37. The summed E-state index contributed by atoms with van der Waals surface area (Å²) in [6.07, 6.45) is 4.77. The molecule has 0 aliphatic carbocycles. The second-order valence-corrected chi connectivity index (χ2v) is 4.30. The van der Waals surface area contributed by atoms with Gasteiger partial charge in [-0.3, -0.25) is 9.79 Å². The van der Waals surface area contributed by atoms with Gasteiger partial charge in [-0.2, -0.15) is 0 Å². The van der Waals surface area contributed by atoms with Crippen LogP contribution in [0.4, 0.5) is 0 Å². The number of aliphatic imine (C=N–C) groups is 1. The number of hydrogen-bond acceptors (Lipinski definition) is 3. The number of rotatable bonds is 10. The molecule has 0 spiro atoms. The average molecular weight is 271 g/mol. The third-order valence-corrected chi connectivity index (χ3v) is 2.53. The Hall–Kier alpha value is -1.26. The molecular formula is C14H29N3O2. The van der Waals surface area contributed by atoms with Crippen LogP contribution in [0.25, 0.3) is 0 Å². The molecule has 0 heterocycles. The van der Waals surface area contributed by atoms with Crippen molar-refractivity contribution in [1.29, 1.82) is 0 Å². The van der Waals surface area contributed by atoms with Gasteiger partial charge in [-0.15, -0.1) is 0 Å². The predicted molar refractivity (Wildman–Crippen MR) is 79.4 cm³/mol. The van der Waals surface area contributed by atoms with Gasteiger partial charge < -0.3 is 15.4 Å². The smallest absolute Gasteiger partial charge is 0.305 e. The molecule has 0 aliphatic rings. The number of hydrogen-bond donors (Lipinski definition) is 2. The molecule has 2 N–H and O–H groups in total. The number of unbranched alkanes of at least 4 members (excludes halogenated alkanes) is 2. The highest BCUT2D eigenvalue weighted by molar-refractivity contribution is 5.79. The van der Waals surface area contributed by atoms with Crippen LogP contribution in [0.15, 0.2) is 4.99 Å². The molecule has 0 saturated carbocycles. The van der Waals surface area contributed by atoms with Crippen molar-refractivity contribution in [1.82, 2.24) is 10.6 Å². The normalized spacial score (nSPS) is 11.2. The summed E-state index contributed by atoms with van der Waals surface area (Å²) in [5.74, 6) is 0.695. The zero-order chi connectivity index (χ0) is 14.3. The quantitative estimate of drug-likeness (QED) is 0.276. The van der Waals surface area contributed by atoms with E-state index in [4.69, 9.17) is 4.74 Å². The number of ether oxygens (including phenoxy) is 1. The molecular weight excluding hydrogens is 242 g/mol. The minimum atomic E-state index is -0.140. The number of nitrogens with zero attached hydrogens (tertiary/aromatic N) is 1. The number of nitrogens with one attached hydrogen (secondary N) is 2. The average Bonchev–Trinajstić information content (AvgIpc) is 2.39. The number of guanidine groups is 1. The first-order valence-electron chi connectivity index (χ1n) is 7.42. The van der Waals surface area contributed by atoms with Gasteiger partial charge in [-0.25, -0.2) is 0 Å². The van der Waals surface area contributed by atoms with Crippen LogP contribution in [0.5, 0.6) is 0 Å². The van der Waals surface area contributed by atoms with Crippen molar-refractivity contribution in [3.8, 4) is 0 Å². The zero-order valence-electron chi connectivity index (χ0n) is 12.6. The van der Waals surface area contributed by atoms with Crippen molar-refractivity contribution < 1.29 is 9.53 Å². The summed E-state index contributed by atoms with van der Waals surface area (Å²) >= 11 is 0. The molecule has 0 amide bonds. The predicted octanol–water partition coefficient (Wildman–Crippen LogP) is 2.07. The fourth-order valence-electron chi connectivity index (χ4n) is 1.57. The Labute approximate surface area is 117 Å². The summed E-state index contributed by atoms with van der Waals surface area (Å²) < 4.78 is 4.87. The lowest BCUT2D eigenvalue weighted by Gasteiger charge is -2.10. The first-order chi connectivity index (χ1) is 9.24. The molecule has 0 saturated heterocycles. The molecule has 0 aromatic carbocycles. The molecule has 0 rings (SSSR count). The Balaban J connectivity index is 3.81. The molecule has 0 aliphatic heterocycles. The van der Waals surface area contributed by atoms with E-state index < -0.39 is 0 Å². The van der Waals surface area contributed by atoms with Gasteiger partial charge in [0.15, 0.2) is 5.96 Å². The van der Waals surface area contributed by atoms with Crippen molar-refractivity contribution in [2.75, 3.05) is 26.2 Å². The van der Waals surface area contributed by atoms with Crippen LogP contribution in [0, 0.1) is 0 Å². The highest BCUT2D eigenvalue weighted by Crippen LogP contribution is 1.94. The number of carbonyl (C=O) groups is 1. The van der Waals surface area contributed by atoms with Crippen molar-refractivity contribution >= 4 is 11.9 Å². The monoisotopic (exact) mass is 271 g/mol. The van der Waals surface area contributed by atoms with Gasteiger partial charge in [0.2, 0.25) is 0 Å². The highest BCUT2D eigenvalue weighted by Gasteiger charge is 2.01. The highest BCUT2D eigenvalue weighted by atomic mass is 16.5. The van der Waals surface area contributed by atoms with E-state index in [0.717, 1.165) is 31.9 Å². The van der Waals surface area contributed by atoms with Gasteiger partial charge in [0.1, 0.15) is 0 Å². The second kappa shape index (κ2) is 13.2. The maximum absolute atomic E-state index is 11.2. The third-order valence-electron chi connectivity index (χ3n) is 2.53. The first-order valence-corrected chi connectivity index (χ1v) is 7.42. The van der Waals surface area contributed by atoms with Gasteiger partial charge in [0.25, 0.3) is 0 Å². The van der Waals surface area contributed by atoms with Crippen molar-refractivity contribution in [2.45, 2.75) is 52.9 Å². The molecule has 112 valence electrons. The van der Waals surface area contributed by atoms with Gasteiger partial charge in [0.05, 0.1) is 6.61 Å². The van der Waals surface area contributed by atoms with Gasteiger partial charge in [-0.1, -0.05) is 19.8 Å². The van der Waals surface area contributed by atoms with E-state index in [0.29, 0.717) is 19.6 Å². The van der Waals surface area contributed by atoms with Gasteiger partial charge in [0, 0.05) is 26.1 Å². The Morgan fingerprint density at radius 2 is 1.89 bits per heavy atom. The van der Waals surface area contributed by atoms with E-state index in [-0.39, 0.29) is 5.97 Å². The fraction of sp³-hybridized carbons (Fsp3) is 0.857. The first kappa shape index (κ1) is 17.7. The third kappa shape index (κ3) is 11.6. The Morgan fingerprint density at radius 1 is 1.11 bits per heavy atom. The molecule has 5 nitrogen and oxygen atoms in total. The minimum Gasteiger partial charge on any atom is -0.466 e. The molecule has 0 aromatic rings. The van der Waals surface area contributed by atoms with Crippen LogP contribution in [0.1, 0.15) is 52.9 Å². The molecule has 0 bridgehead atoms. The summed E-state index contributed by atoms with van der Waals surface area (Å²) in [7, 11) is 0. The van der Waals surface area contributed by atoms with E-state index in [9.17, 15) is 4.79 Å². The molecule has 19 heavy (non-hydrogen) atoms. The second-order valence-electron chi connectivity index (χ2n) is 4.30. The van der Waals surface area contributed by atoms with Crippen molar-refractivity contribution in [3.05, 3.63) is 0 Å². The number of carbonyl (C=O) groups excluding carboxylic acids is 1. The fourth-order valence-corrected chi connectivity index (χ4v) is 1.57. The Kier molecular flexibility index (Phi) is 12.3. The van der Waals surface area contributed by atoms with E-state index in [1.54, 1.807) is 0 Å². The zero-order valence-corrected chi connectivity index (χ0v) is 12.6. The molecule has 0 unspecified atom stereocenters. The topological polar surface area (TPSA) is 62.7 Å². The maximum Gasteiger partial charge on any atom is 0.305 e. The Bertz CT molecular complexity index is 255. The van der Waals surface area contributed by atoms with E-state index in [2.05, 4.69) is 22.5 Å². The van der Waals surface area contributed by atoms with Crippen LogP contribution in [-0.4, -0.2) is 38.2 Å². The lowest BCUT2D eigenvalue weighted by molar-refractivity contribution is -0.143. The van der Waals surface area contributed by atoms with Gasteiger partial charge in [-0.05, 0) is 26.7 Å². The summed E-state index contributed by atoms with van der Waals surface area (Å²) in [6, 6.07) is 0. The molecule has 0 atom stereocenters. The van der Waals surface area contributed by atoms with Crippen LogP contribution < -0.4 is 10.6 Å². The van der Waals surface area contributed by atoms with Crippen LogP contribution >= 0.6 is 0 Å². The SMILES string of the molecule is CCCCCNC(=NCCCC(=O)OCC)NCC. The maximum atomic E-state index is 11.2. The summed E-state index contributed by atoms with van der Waals surface area (Å²) in [4.78, 5) is 15.6. The van der Waals surface area contributed by atoms with Crippen molar-refractivity contribution in [3.63, 3.8) is 0 Å². The van der Waals surface area contributed by atoms with E-state index in [1.807, 2.05) is 13.8 Å². The van der Waals surface area contributed by atoms with Crippen LogP contribution in [0.3, 0.4) is 0 Å². The van der Waals surface area contributed by atoms with Crippen molar-refractivity contribution in [2.24, 2.45) is 4.99 Å². The number of esters is 1. The standard InChI is InChI=1S/C14H29N3O2/c1-4-7-8-11-16-14(15-5-2)17-12-9-10-13(18)19-6-3/h4-12H2,1-3H3,(H2,15,16,17). The van der Waals surface area contributed by atoms with Gasteiger partial charge >= 0.3 is 5.97 Å². The summed E-state index contributed by atoms with van der Waals surface area (Å²) in [5.41, 5.74) is 0. The summed E-state index contributed by atoms with van der Waals surface area (Å²) in [5, 5.41) is 6.49. The molecule has 0 radical (unpaired) electrons. The Morgan fingerprint density at radius 3 is 2.53 bits per heavy atom. The lowest BCUT2D eigenvalue weighted by atomic mass is 10.2. The minimum absolute atomic E-state index is 0.140. The molecule has 0 fully saturated rings. The molecule has 5 heteroatoms. The molecule has 0 aromatic heterocycles. The van der Waals surface area contributed by atoms with Crippen LogP contribution in [0.2, 0.25) is 0 Å². The van der Waals surface area contributed by atoms with Crippen LogP contribution in [-0.2, 0) is 9.53 Å². The summed E-state index contributed by atoms with van der Waals surface area (Å²) in [6.45, 7) is 8.93. The largest absolute Gasteiger partial charge is 0.466 e. The van der Waals surface area contributed by atoms with E-state index in [1.165, 1.54) is 12.8 Å².